The van der Waals surface area contributed by atoms with Gasteiger partial charge in [0, 0.05) is 12.1 Å². The second-order valence-electron chi connectivity index (χ2n) is 4.14. The van der Waals surface area contributed by atoms with E-state index in [0.717, 1.165) is 5.56 Å². The number of aliphatic hydroxyl groups excluding tert-OH is 1. The minimum Gasteiger partial charge on any atom is -0.465 e. The van der Waals surface area contributed by atoms with E-state index in [2.05, 4.69) is 4.72 Å². The summed E-state index contributed by atoms with van der Waals surface area (Å²) < 4.78 is 32.3. The zero-order valence-electron chi connectivity index (χ0n) is 10.6. The lowest BCUT2D eigenvalue weighted by Gasteiger charge is -2.06. The lowest BCUT2D eigenvalue weighted by Crippen LogP contribution is -2.24. The SMILES string of the molecule is Cc1oc(C)c(S(=O)(=O)NCc2ccsc2)c1CO. The zero-order chi connectivity index (χ0) is 14.0. The van der Waals surface area contributed by atoms with E-state index in [9.17, 15) is 13.5 Å². The molecule has 0 spiro atoms. The maximum absolute atomic E-state index is 12.3. The molecule has 0 unspecified atom stereocenters. The molecular formula is C12H15NO4S2. The molecule has 0 atom stereocenters. The number of rotatable bonds is 5. The fourth-order valence-corrected chi connectivity index (χ4v) is 4.01. The van der Waals surface area contributed by atoms with E-state index in [-0.39, 0.29) is 18.0 Å². The number of thiophene rings is 1. The molecule has 0 aliphatic heterocycles. The topological polar surface area (TPSA) is 79.5 Å². The van der Waals surface area contributed by atoms with Gasteiger partial charge in [-0.25, -0.2) is 13.1 Å². The van der Waals surface area contributed by atoms with Crippen LogP contribution in [0.4, 0.5) is 0 Å². The maximum Gasteiger partial charge on any atom is 0.244 e. The fraction of sp³-hybridized carbons (Fsp3) is 0.333. The number of hydrogen-bond acceptors (Lipinski definition) is 5. The van der Waals surface area contributed by atoms with E-state index in [1.54, 1.807) is 13.8 Å². The normalized spacial score (nSPS) is 11.9. The maximum atomic E-state index is 12.3. The van der Waals surface area contributed by atoms with Crippen molar-refractivity contribution in [2.75, 3.05) is 0 Å². The van der Waals surface area contributed by atoms with E-state index in [1.807, 2.05) is 16.8 Å². The summed E-state index contributed by atoms with van der Waals surface area (Å²) in [6.45, 7) is 3.07. The molecule has 0 aromatic carbocycles. The molecule has 0 bridgehead atoms. The van der Waals surface area contributed by atoms with Gasteiger partial charge in [0.25, 0.3) is 0 Å². The van der Waals surface area contributed by atoms with Gasteiger partial charge in [0.15, 0.2) is 0 Å². The third-order valence-corrected chi connectivity index (χ3v) is 5.13. The average Bonchev–Trinajstić information content (AvgIpc) is 2.94. The average molecular weight is 301 g/mol. The Balaban J connectivity index is 2.29. The Bertz CT molecular complexity index is 656. The molecule has 2 N–H and O–H groups in total. The molecule has 0 radical (unpaired) electrons. The minimum atomic E-state index is -3.69. The minimum absolute atomic E-state index is 0.0442. The third-order valence-electron chi connectivity index (χ3n) is 2.80. The van der Waals surface area contributed by atoms with E-state index < -0.39 is 10.0 Å². The molecule has 19 heavy (non-hydrogen) atoms. The van der Waals surface area contributed by atoms with Gasteiger partial charge >= 0.3 is 0 Å². The summed E-state index contributed by atoms with van der Waals surface area (Å²) in [6.07, 6.45) is 0. The van der Waals surface area contributed by atoms with Crippen LogP contribution in [0.1, 0.15) is 22.6 Å². The van der Waals surface area contributed by atoms with Crippen LogP contribution in [-0.2, 0) is 23.2 Å². The smallest absolute Gasteiger partial charge is 0.244 e. The summed E-state index contributed by atoms with van der Waals surface area (Å²) >= 11 is 1.51. The van der Waals surface area contributed by atoms with Gasteiger partial charge in [0.05, 0.1) is 6.61 Å². The monoisotopic (exact) mass is 301 g/mol. The number of aliphatic hydroxyl groups is 1. The van der Waals surface area contributed by atoms with E-state index in [0.29, 0.717) is 17.1 Å². The van der Waals surface area contributed by atoms with Gasteiger partial charge in [-0.15, -0.1) is 0 Å². The van der Waals surface area contributed by atoms with Crippen molar-refractivity contribution >= 4 is 21.4 Å². The lowest BCUT2D eigenvalue weighted by molar-refractivity contribution is 0.276. The highest BCUT2D eigenvalue weighted by Gasteiger charge is 2.26. The molecule has 0 saturated heterocycles. The first kappa shape index (κ1) is 14.3. The zero-order valence-corrected chi connectivity index (χ0v) is 12.3. The van der Waals surface area contributed by atoms with Crippen molar-refractivity contribution in [3.63, 3.8) is 0 Å². The predicted octanol–water partition coefficient (Wildman–Crippen LogP) is 1.93. The summed E-state index contributed by atoms with van der Waals surface area (Å²) in [4.78, 5) is 0.0442. The van der Waals surface area contributed by atoms with Gasteiger partial charge in [-0.1, -0.05) is 0 Å². The van der Waals surface area contributed by atoms with Gasteiger partial charge in [-0.2, -0.15) is 11.3 Å². The van der Waals surface area contributed by atoms with Crippen molar-refractivity contribution in [3.8, 4) is 0 Å². The molecule has 0 saturated carbocycles. The molecule has 2 rings (SSSR count). The van der Waals surface area contributed by atoms with Crippen molar-refractivity contribution in [2.45, 2.75) is 31.9 Å². The van der Waals surface area contributed by atoms with Crippen LogP contribution in [0.15, 0.2) is 26.1 Å². The molecule has 2 heterocycles. The van der Waals surface area contributed by atoms with Crippen LogP contribution < -0.4 is 4.72 Å². The second-order valence-corrected chi connectivity index (χ2v) is 6.62. The Kier molecular flexibility index (Phi) is 4.10. The second kappa shape index (κ2) is 5.46. The molecule has 2 aromatic rings. The van der Waals surface area contributed by atoms with E-state index in [1.165, 1.54) is 11.3 Å². The molecule has 7 heteroatoms. The van der Waals surface area contributed by atoms with Crippen molar-refractivity contribution in [1.82, 2.24) is 4.72 Å². The Morgan fingerprint density at radius 1 is 1.37 bits per heavy atom. The number of nitrogens with one attached hydrogen (secondary N) is 1. The van der Waals surface area contributed by atoms with Gasteiger partial charge < -0.3 is 9.52 Å². The van der Waals surface area contributed by atoms with Crippen molar-refractivity contribution in [1.29, 1.82) is 0 Å². The molecule has 0 aliphatic carbocycles. The van der Waals surface area contributed by atoms with Crippen molar-refractivity contribution < 1.29 is 17.9 Å². The first-order chi connectivity index (χ1) is 8.95. The highest BCUT2D eigenvalue weighted by molar-refractivity contribution is 7.89. The van der Waals surface area contributed by atoms with Crippen LogP contribution in [0.3, 0.4) is 0 Å². The summed E-state index contributed by atoms with van der Waals surface area (Å²) in [5, 5.41) is 13.0. The Labute approximate surface area is 115 Å². The highest BCUT2D eigenvalue weighted by atomic mass is 32.2. The van der Waals surface area contributed by atoms with Crippen LogP contribution in [0.2, 0.25) is 0 Å². The summed E-state index contributed by atoms with van der Waals surface area (Å²) in [7, 11) is -3.69. The molecular weight excluding hydrogens is 286 g/mol. The van der Waals surface area contributed by atoms with Crippen LogP contribution in [-0.4, -0.2) is 13.5 Å². The van der Waals surface area contributed by atoms with E-state index >= 15 is 0 Å². The summed E-state index contributed by atoms with van der Waals surface area (Å²) in [5.41, 5.74) is 1.22. The standard InChI is InChI=1S/C12H15NO4S2/c1-8-11(6-14)12(9(2)17-8)19(15,16)13-5-10-3-4-18-7-10/h3-4,7,13-14H,5-6H2,1-2H3. The van der Waals surface area contributed by atoms with Gasteiger partial charge in [-0.3, -0.25) is 0 Å². The van der Waals surface area contributed by atoms with Crippen molar-refractivity contribution in [2.24, 2.45) is 0 Å². The quantitative estimate of drug-likeness (QED) is 0.884. The first-order valence-electron chi connectivity index (χ1n) is 5.66. The van der Waals surface area contributed by atoms with Gasteiger partial charge in [-0.05, 0) is 36.2 Å². The van der Waals surface area contributed by atoms with Crippen LogP contribution >= 0.6 is 11.3 Å². The Morgan fingerprint density at radius 2 is 2.11 bits per heavy atom. The third kappa shape index (κ3) is 2.89. The number of sulfonamides is 1. The summed E-state index contributed by atoms with van der Waals surface area (Å²) in [6, 6.07) is 1.85. The van der Waals surface area contributed by atoms with Gasteiger partial charge in [0.1, 0.15) is 16.4 Å². The van der Waals surface area contributed by atoms with Crippen LogP contribution in [0.5, 0.6) is 0 Å². The number of furan rings is 1. The number of hydrogen-bond donors (Lipinski definition) is 2. The molecule has 2 aromatic heterocycles. The highest BCUT2D eigenvalue weighted by Crippen LogP contribution is 2.26. The Morgan fingerprint density at radius 3 is 2.68 bits per heavy atom. The lowest BCUT2D eigenvalue weighted by atomic mass is 10.2. The molecule has 0 amide bonds. The first-order valence-corrected chi connectivity index (χ1v) is 8.08. The fourth-order valence-electron chi connectivity index (χ4n) is 1.89. The summed E-state index contributed by atoms with van der Waals surface area (Å²) in [5.74, 6) is 0.718. The van der Waals surface area contributed by atoms with Gasteiger partial charge in [0.2, 0.25) is 10.0 Å². The molecule has 0 fully saturated rings. The van der Waals surface area contributed by atoms with Crippen LogP contribution in [0.25, 0.3) is 0 Å². The van der Waals surface area contributed by atoms with E-state index in [4.69, 9.17) is 4.42 Å². The van der Waals surface area contributed by atoms with Crippen molar-refractivity contribution in [3.05, 3.63) is 39.5 Å². The molecule has 104 valence electrons. The Hall–Kier alpha value is -1.15. The molecule has 5 nitrogen and oxygen atoms in total. The number of aryl methyl sites for hydroxylation is 2. The largest absolute Gasteiger partial charge is 0.465 e. The predicted molar refractivity (Wildman–Crippen MR) is 72.4 cm³/mol. The molecule has 0 aliphatic rings. The van der Waals surface area contributed by atoms with Crippen LogP contribution in [0, 0.1) is 13.8 Å².